The molecule has 0 N–H and O–H groups in total. The Labute approximate surface area is 134 Å². The molecule has 0 unspecified atom stereocenters. The second-order valence-corrected chi connectivity index (χ2v) is 26.5. The van der Waals surface area contributed by atoms with E-state index in [1.54, 1.807) is 0 Å². The van der Waals surface area contributed by atoms with E-state index in [2.05, 4.69) is 75.7 Å². The molecule has 0 aromatic rings. The van der Waals surface area contributed by atoms with E-state index < -0.39 is 0 Å². The number of halogens is 3. The van der Waals surface area contributed by atoms with E-state index in [4.69, 9.17) is 0 Å². The fraction of sp³-hybridized carbons (Fsp3) is 0.750. The second kappa shape index (κ2) is 13.2. The average Bonchev–Trinajstić information content (AvgIpc) is 2.49. The van der Waals surface area contributed by atoms with Crippen LogP contribution >= 0.6 is 63.5 Å². The molecule has 14 heavy (non-hydrogen) atoms. The third kappa shape index (κ3) is 10.7. The third-order valence-electron chi connectivity index (χ3n) is 1.74. The fourth-order valence-electron chi connectivity index (χ4n) is 1.10. The summed E-state index contributed by atoms with van der Waals surface area (Å²) in [5.41, 5.74) is 0. The zero-order chi connectivity index (χ0) is 10.1. The maximum atomic E-state index is 2.46. The molecule has 1 aliphatic rings. The molecular weight excluding hydrogens is 570 g/mol. The molecule has 6 heteroatoms. The third-order valence-corrected chi connectivity index (χ3v) is 1.74. The molecule has 0 aliphatic carbocycles. The number of hydrogen-bond donors (Lipinski definition) is 0. The monoisotopic (exact) mass is 586 g/mol. The van der Waals surface area contributed by atoms with Gasteiger partial charge in [-0.25, -0.2) is 0 Å². The van der Waals surface area contributed by atoms with E-state index in [0.29, 0.717) is 0 Å². The van der Waals surface area contributed by atoms with Crippen molar-refractivity contribution in [2.75, 3.05) is 20.3 Å². The Hall–Kier alpha value is 2.15. The summed E-state index contributed by atoms with van der Waals surface area (Å²) in [6.45, 7) is 4.50. The molecule has 82 valence electrons. The van der Waals surface area contributed by atoms with Gasteiger partial charge in [-0.05, 0) is 6.42 Å². The predicted octanol–water partition coefficient (Wildman–Crippen LogP) is 3.85. The van der Waals surface area contributed by atoms with Gasteiger partial charge in [-0.1, -0.05) is 13.3 Å². The number of unbranched alkanes of at least 4 members (excludes halogenated alkanes) is 1. The van der Waals surface area contributed by atoms with Crippen LogP contribution < -0.4 is 0 Å². The van der Waals surface area contributed by atoms with Gasteiger partial charge in [0.05, 0.1) is 6.67 Å². The van der Waals surface area contributed by atoms with E-state index in [1.807, 2.05) is 0 Å². The average molecular weight is 587 g/mol. The van der Waals surface area contributed by atoms with Crippen LogP contribution in [0.5, 0.6) is 0 Å². The molecule has 0 bridgehead atoms. The molecule has 0 fully saturated rings. The molecule has 0 saturated heterocycles. The van der Waals surface area contributed by atoms with Crippen molar-refractivity contribution in [3.63, 3.8) is 0 Å². The molecule has 1 aliphatic heterocycles. The molecule has 0 amide bonds. The van der Waals surface area contributed by atoms with Crippen molar-refractivity contribution in [1.29, 1.82) is 0 Å². The quantitative estimate of drug-likeness (QED) is 0.366. The molecule has 0 saturated carbocycles. The minimum absolute atomic E-state index is 0. The first kappa shape index (κ1) is 18.5. The van der Waals surface area contributed by atoms with Crippen molar-refractivity contribution in [3.8, 4) is 0 Å². The van der Waals surface area contributed by atoms with Gasteiger partial charge in [-0.15, -0.1) is 24.0 Å². The van der Waals surface area contributed by atoms with Gasteiger partial charge >= 0.3 is 49.6 Å². The standard InChI is InChI=1S/C8H16N2.3HI.Zn/c1-3-4-5-10-7-6-9(2)8-10;;;;/h6-7H,3-5,8H2,1-2H3;3*1H;/q;;;;+2/p-2. The van der Waals surface area contributed by atoms with Crippen molar-refractivity contribution in [2.45, 2.75) is 19.8 Å². The summed E-state index contributed by atoms with van der Waals surface area (Å²) in [6.07, 6.45) is 6.87. The van der Waals surface area contributed by atoms with Gasteiger partial charge in [0.15, 0.2) is 0 Å². The zero-order valence-corrected chi connectivity index (χ0v) is 18.4. The molecule has 0 aromatic heterocycles. The first-order valence-electron chi connectivity index (χ1n) is 4.49. The van der Waals surface area contributed by atoms with Crippen molar-refractivity contribution < 1.29 is 10.1 Å². The summed E-state index contributed by atoms with van der Waals surface area (Å²) in [4.78, 5) is 4.53. The molecule has 0 radical (unpaired) electrons. The van der Waals surface area contributed by atoms with Crippen LogP contribution in [0.2, 0.25) is 0 Å². The SMILES string of the molecule is CCCCN1C=CN(C)C1.I.[I][Zn][I]. The summed E-state index contributed by atoms with van der Waals surface area (Å²) in [6, 6.07) is 0. The van der Waals surface area contributed by atoms with E-state index in [9.17, 15) is 0 Å². The molecule has 0 spiro atoms. The molecule has 1 rings (SSSR count). The van der Waals surface area contributed by atoms with Crippen LogP contribution in [0.25, 0.3) is 0 Å². The van der Waals surface area contributed by atoms with Gasteiger partial charge in [0.2, 0.25) is 0 Å². The van der Waals surface area contributed by atoms with Crippen molar-refractivity contribution in [3.05, 3.63) is 12.4 Å². The predicted molar refractivity (Wildman–Crippen MR) is 86.8 cm³/mol. The van der Waals surface area contributed by atoms with Crippen molar-refractivity contribution in [1.82, 2.24) is 9.80 Å². The van der Waals surface area contributed by atoms with Crippen molar-refractivity contribution in [2.24, 2.45) is 0 Å². The molecule has 2 nitrogen and oxygen atoms in total. The normalized spacial score (nSPS) is 12.9. The van der Waals surface area contributed by atoms with Crippen LogP contribution in [0.1, 0.15) is 19.8 Å². The molecule has 0 atom stereocenters. The topological polar surface area (TPSA) is 6.48 Å². The van der Waals surface area contributed by atoms with Gasteiger partial charge in [-0.3, -0.25) is 0 Å². The fourth-order valence-corrected chi connectivity index (χ4v) is 1.10. The van der Waals surface area contributed by atoms with Crippen LogP contribution in [-0.2, 0) is 10.1 Å². The summed E-state index contributed by atoms with van der Waals surface area (Å²) in [5, 5.41) is 0. The Morgan fingerprint density at radius 3 is 2.29 bits per heavy atom. The summed E-state index contributed by atoms with van der Waals surface area (Å²) in [7, 11) is 2.16. The second-order valence-electron chi connectivity index (χ2n) is 2.96. The molecule has 1 heterocycles. The Kier molecular flexibility index (Phi) is 17.5. The number of nitrogens with zero attached hydrogens (tertiary/aromatic N) is 2. The van der Waals surface area contributed by atoms with Crippen LogP contribution in [0, 0.1) is 0 Å². The van der Waals surface area contributed by atoms with E-state index in [-0.39, 0.29) is 34.1 Å². The minimum atomic E-state index is 0. The van der Waals surface area contributed by atoms with Crippen molar-refractivity contribution >= 4 is 63.5 Å². The Balaban J connectivity index is 0. The Bertz CT molecular complexity index is 147. The van der Waals surface area contributed by atoms with Crippen LogP contribution in [0.15, 0.2) is 12.4 Å². The Morgan fingerprint density at radius 2 is 1.93 bits per heavy atom. The summed E-state index contributed by atoms with van der Waals surface area (Å²) in [5.74, 6) is 0. The van der Waals surface area contributed by atoms with E-state index >= 15 is 0 Å². The first-order chi connectivity index (χ1) is 6.24. The zero-order valence-electron chi connectivity index (χ0n) is 8.75. The first-order valence-corrected chi connectivity index (χ1v) is 22.6. The van der Waals surface area contributed by atoms with Crippen LogP contribution in [0.3, 0.4) is 0 Å². The van der Waals surface area contributed by atoms with E-state index in [1.165, 1.54) is 19.4 Å². The van der Waals surface area contributed by atoms with Gasteiger partial charge < -0.3 is 9.80 Å². The molecular formula is C8H17I3N2Zn. The molecule has 0 aromatic carbocycles. The van der Waals surface area contributed by atoms with Gasteiger partial charge in [-0.2, -0.15) is 0 Å². The Morgan fingerprint density at radius 1 is 1.36 bits per heavy atom. The summed E-state index contributed by atoms with van der Waals surface area (Å²) < 4.78 is 0. The summed E-state index contributed by atoms with van der Waals surface area (Å²) >= 11 is 4.93. The van der Waals surface area contributed by atoms with Crippen LogP contribution in [-0.4, -0.2) is 30.1 Å². The number of rotatable bonds is 3. The van der Waals surface area contributed by atoms with E-state index in [0.717, 1.165) is 6.67 Å². The maximum absolute atomic E-state index is 2.46. The van der Waals surface area contributed by atoms with Gasteiger partial charge in [0.25, 0.3) is 0 Å². The van der Waals surface area contributed by atoms with Gasteiger partial charge in [0, 0.05) is 26.0 Å². The van der Waals surface area contributed by atoms with Crippen LogP contribution in [0.4, 0.5) is 0 Å². The van der Waals surface area contributed by atoms with Gasteiger partial charge in [0.1, 0.15) is 0 Å². The number of hydrogen-bond acceptors (Lipinski definition) is 2.